The third-order valence-electron chi connectivity index (χ3n) is 2.16. The fourth-order valence-electron chi connectivity index (χ4n) is 1.20. The van der Waals surface area contributed by atoms with E-state index in [0.717, 1.165) is 5.56 Å². The van der Waals surface area contributed by atoms with Crippen molar-refractivity contribution in [2.24, 2.45) is 5.92 Å². The third kappa shape index (κ3) is 2.70. The van der Waals surface area contributed by atoms with Crippen LogP contribution >= 0.6 is 0 Å². The molecule has 2 N–H and O–H groups in total. The van der Waals surface area contributed by atoms with Crippen molar-refractivity contribution in [3.8, 4) is 0 Å². The first-order chi connectivity index (χ1) is 6.65. The number of aliphatic hydroxyl groups excluding tert-OH is 1. The van der Waals surface area contributed by atoms with Crippen LogP contribution in [-0.2, 0) is 0 Å². The highest BCUT2D eigenvalue weighted by atomic mass is 19.1. The van der Waals surface area contributed by atoms with Gasteiger partial charge < -0.3 is 10.4 Å². The monoisotopic (exact) mass is 197 g/mol. The summed E-state index contributed by atoms with van der Waals surface area (Å²) in [7, 11) is 0. The van der Waals surface area contributed by atoms with E-state index in [1.807, 2.05) is 19.9 Å². The van der Waals surface area contributed by atoms with E-state index in [-0.39, 0.29) is 18.3 Å². The summed E-state index contributed by atoms with van der Waals surface area (Å²) in [5.41, 5.74) is 1.42. The smallest absolute Gasteiger partial charge is 0.146 e. The second-order valence-electron chi connectivity index (χ2n) is 3.60. The van der Waals surface area contributed by atoms with E-state index in [2.05, 4.69) is 5.32 Å². The summed E-state index contributed by atoms with van der Waals surface area (Å²) in [6.45, 7) is 4.46. The first kappa shape index (κ1) is 11.0. The Morgan fingerprint density at radius 3 is 2.79 bits per heavy atom. The zero-order chi connectivity index (χ0) is 10.6. The largest absolute Gasteiger partial charge is 0.396 e. The van der Waals surface area contributed by atoms with Crippen LogP contribution < -0.4 is 5.32 Å². The average molecular weight is 197 g/mol. The molecule has 0 heterocycles. The van der Waals surface area contributed by atoms with Gasteiger partial charge in [-0.3, -0.25) is 0 Å². The van der Waals surface area contributed by atoms with Gasteiger partial charge in [-0.15, -0.1) is 0 Å². The van der Waals surface area contributed by atoms with Crippen LogP contribution in [0.2, 0.25) is 0 Å². The first-order valence-electron chi connectivity index (χ1n) is 4.75. The molecule has 0 fully saturated rings. The van der Waals surface area contributed by atoms with Crippen molar-refractivity contribution >= 4 is 5.69 Å². The number of anilines is 1. The summed E-state index contributed by atoms with van der Waals surface area (Å²) in [4.78, 5) is 0. The molecule has 0 aliphatic heterocycles. The molecule has 3 heteroatoms. The van der Waals surface area contributed by atoms with Gasteiger partial charge in [-0.25, -0.2) is 4.39 Å². The number of hydrogen-bond acceptors (Lipinski definition) is 2. The van der Waals surface area contributed by atoms with Crippen molar-refractivity contribution in [1.29, 1.82) is 0 Å². The minimum absolute atomic E-state index is 0.112. The van der Waals surface area contributed by atoms with E-state index in [9.17, 15) is 4.39 Å². The number of nitrogens with one attached hydrogen (secondary N) is 1. The second kappa shape index (κ2) is 4.96. The number of para-hydroxylation sites is 1. The number of aryl methyl sites for hydroxylation is 1. The predicted octanol–water partition coefficient (Wildman–Crippen LogP) is 2.17. The van der Waals surface area contributed by atoms with Gasteiger partial charge in [0, 0.05) is 13.2 Å². The van der Waals surface area contributed by atoms with Crippen LogP contribution in [-0.4, -0.2) is 18.3 Å². The summed E-state index contributed by atoms with van der Waals surface area (Å²) in [6.07, 6.45) is 0. The quantitative estimate of drug-likeness (QED) is 0.775. The van der Waals surface area contributed by atoms with E-state index in [0.29, 0.717) is 12.2 Å². The van der Waals surface area contributed by atoms with Crippen molar-refractivity contribution in [3.63, 3.8) is 0 Å². The van der Waals surface area contributed by atoms with Gasteiger partial charge in [0.1, 0.15) is 5.82 Å². The van der Waals surface area contributed by atoms with Crippen LogP contribution in [0.25, 0.3) is 0 Å². The normalized spacial score (nSPS) is 12.6. The Labute approximate surface area is 83.8 Å². The molecule has 14 heavy (non-hydrogen) atoms. The molecule has 0 radical (unpaired) electrons. The zero-order valence-corrected chi connectivity index (χ0v) is 8.55. The molecule has 1 aromatic rings. The maximum Gasteiger partial charge on any atom is 0.146 e. The average Bonchev–Trinajstić information content (AvgIpc) is 2.16. The molecule has 1 unspecified atom stereocenters. The predicted molar refractivity (Wildman–Crippen MR) is 55.9 cm³/mol. The molecular formula is C11H16FNO. The number of halogens is 1. The Balaban J connectivity index is 2.66. The van der Waals surface area contributed by atoms with Crippen LogP contribution in [0.5, 0.6) is 0 Å². The molecule has 0 aliphatic rings. The van der Waals surface area contributed by atoms with Gasteiger partial charge in [-0.2, -0.15) is 0 Å². The summed E-state index contributed by atoms with van der Waals surface area (Å²) < 4.78 is 13.3. The Morgan fingerprint density at radius 1 is 1.50 bits per heavy atom. The van der Waals surface area contributed by atoms with Gasteiger partial charge in [-0.1, -0.05) is 19.1 Å². The minimum Gasteiger partial charge on any atom is -0.396 e. The van der Waals surface area contributed by atoms with Crippen LogP contribution in [0, 0.1) is 18.7 Å². The van der Waals surface area contributed by atoms with Gasteiger partial charge >= 0.3 is 0 Å². The van der Waals surface area contributed by atoms with Crippen LogP contribution in [0.4, 0.5) is 10.1 Å². The number of hydrogen-bond donors (Lipinski definition) is 2. The van der Waals surface area contributed by atoms with Crippen molar-refractivity contribution in [2.45, 2.75) is 13.8 Å². The lowest BCUT2D eigenvalue weighted by Crippen LogP contribution is -2.15. The van der Waals surface area contributed by atoms with Gasteiger partial charge in [0.05, 0.1) is 5.69 Å². The molecule has 1 atom stereocenters. The molecule has 0 spiro atoms. The minimum atomic E-state index is -0.241. The second-order valence-corrected chi connectivity index (χ2v) is 3.60. The molecule has 0 bridgehead atoms. The summed E-state index contributed by atoms with van der Waals surface area (Å²) in [5.74, 6) is -0.107. The fraction of sp³-hybridized carbons (Fsp3) is 0.455. The summed E-state index contributed by atoms with van der Waals surface area (Å²) >= 11 is 0. The van der Waals surface area contributed by atoms with E-state index in [4.69, 9.17) is 5.11 Å². The molecule has 0 saturated carbocycles. The highest BCUT2D eigenvalue weighted by Crippen LogP contribution is 2.18. The SMILES string of the molecule is Cc1cccc(F)c1NCC(C)CO. The van der Waals surface area contributed by atoms with Crippen LogP contribution in [0.1, 0.15) is 12.5 Å². The first-order valence-corrected chi connectivity index (χ1v) is 4.75. The summed E-state index contributed by atoms with van der Waals surface area (Å²) in [6, 6.07) is 4.97. The van der Waals surface area contributed by atoms with E-state index in [1.54, 1.807) is 6.07 Å². The van der Waals surface area contributed by atoms with Gasteiger partial charge in [0.2, 0.25) is 0 Å². The van der Waals surface area contributed by atoms with Gasteiger partial charge in [-0.05, 0) is 24.5 Å². The lowest BCUT2D eigenvalue weighted by molar-refractivity contribution is 0.244. The van der Waals surface area contributed by atoms with Crippen molar-refractivity contribution in [1.82, 2.24) is 0 Å². The number of aliphatic hydroxyl groups is 1. The van der Waals surface area contributed by atoms with E-state index < -0.39 is 0 Å². The zero-order valence-electron chi connectivity index (χ0n) is 8.55. The maximum atomic E-state index is 13.3. The molecule has 78 valence electrons. The number of benzene rings is 1. The summed E-state index contributed by atoms with van der Waals surface area (Å²) in [5, 5.41) is 11.8. The topological polar surface area (TPSA) is 32.3 Å². The lowest BCUT2D eigenvalue weighted by atomic mass is 10.1. The van der Waals surface area contributed by atoms with Crippen molar-refractivity contribution in [2.75, 3.05) is 18.5 Å². The van der Waals surface area contributed by atoms with Gasteiger partial charge in [0.15, 0.2) is 0 Å². The van der Waals surface area contributed by atoms with E-state index in [1.165, 1.54) is 6.07 Å². The molecule has 0 amide bonds. The van der Waals surface area contributed by atoms with Crippen molar-refractivity contribution in [3.05, 3.63) is 29.6 Å². The van der Waals surface area contributed by atoms with Gasteiger partial charge in [0.25, 0.3) is 0 Å². The molecule has 2 nitrogen and oxygen atoms in total. The molecule has 0 aliphatic carbocycles. The van der Waals surface area contributed by atoms with E-state index >= 15 is 0 Å². The lowest BCUT2D eigenvalue weighted by Gasteiger charge is -2.13. The van der Waals surface area contributed by atoms with Crippen molar-refractivity contribution < 1.29 is 9.50 Å². The standard InChI is InChI=1S/C11H16FNO/c1-8(7-14)6-13-11-9(2)4-3-5-10(11)12/h3-5,8,13-14H,6-7H2,1-2H3. The Hall–Kier alpha value is -1.09. The fourth-order valence-corrected chi connectivity index (χ4v) is 1.20. The number of rotatable bonds is 4. The maximum absolute atomic E-state index is 13.3. The highest BCUT2D eigenvalue weighted by Gasteiger charge is 2.06. The van der Waals surface area contributed by atoms with Crippen LogP contribution in [0.3, 0.4) is 0 Å². The van der Waals surface area contributed by atoms with Crippen LogP contribution in [0.15, 0.2) is 18.2 Å². The Kier molecular flexibility index (Phi) is 3.89. The molecule has 0 aromatic heterocycles. The Morgan fingerprint density at radius 2 is 2.21 bits per heavy atom. The molecule has 1 aromatic carbocycles. The third-order valence-corrected chi connectivity index (χ3v) is 2.16. The molecular weight excluding hydrogens is 181 g/mol. The Bertz CT molecular complexity index is 281. The molecule has 1 rings (SSSR count). The molecule has 0 saturated heterocycles. The highest BCUT2D eigenvalue weighted by molar-refractivity contribution is 5.51.